The van der Waals surface area contributed by atoms with Crippen molar-refractivity contribution in [3.05, 3.63) is 47.3 Å². The highest BCUT2D eigenvalue weighted by molar-refractivity contribution is 7.91. The second kappa shape index (κ2) is 18.8. The molecule has 0 bridgehead atoms. The van der Waals surface area contributed by atoms with Crippen LogP contribution in [0.5, 0.6) is 0 Å². The van der Waals surface area contributed by atoms with Crippen molar-refractivity contribution in [3.8, 4) is 0 Å². The quantitative estimate of drug-likeness (QED) is 0.196. The second-order valence-corrected chi connectivity index (χ2v) is 19.9. The van der Waals surface area contributed by atoms with Gasteiger partial charge in [-0.15, -0.1) is 0 Å². The lowest BCUT2D eigenvalue weighted by Gasteiger charge is -2.35. The molecule has 6 aliphatic rings. The van der Waals surface area contributed by atoms with Crippen molar-refractivity contribution in [2.24, 2.45) is 5.92 Å². The lowest BCUT2D eigenvalue weighted by atomic mass is 10.0. The summed E-state index contributed by atoms with van der Waals surface area (Å²) in [7, 11) is 0.0235. The molecule has 330 valence electrons. The van der Waals surface area contributed by atoms with E-state index in [4.69, 9.17) is 9.47 Å². The van der Waals surface area contributed by atoms with Crippen molar-refractivity contribution in [1.29, 1.82) is 0 Å². The Kier molecular flexibility index (Phi) is 13.7. The van der Waals surface area contributed by atoms with E-state index >= 15 is 4.79 Å². The zero-order valence-corrected chi connectivity index (χ0v) is 35.7. The fraction of sp³-hybridized carbons (Fsp3) is 0.698. The van der Waals surface area contributed by atoms with Gasteiger partial charge in [-0.05, 0) is 109 Å². The van der Waals surface area contributed by atoms with Crippen LogP contribution in [-0.2, 0) is 47.0 Å². The molecule has 1 aromatic carbocycles. The molecule has 60 heavy (non-hydrogen) atoms. The predicted octanol–water partition coefficient (Wildman–Crippen LogP) is 4.78. The molecule has 0 aromatic heterocycles. The van der Waals surface area contributed by atoms with Crippen LogP contribution < -0.4 is 15.4 Å². The number of halogens is 1. The van der Waals surface area contributed by atoms with Gasteiger partial charge in [-0.2, -0.15) is 0 Å². The first-order valence-electron chi connectivity index (χ1n) is 22.0. The van der Waals surface area contributed by atoms with E-state index in [2.05, 4.69) is 20.3 Å². The van der Waals surface area contributed by atoms with Crippen LogP contribution in [0.4, 0.5) is 14.0 Å². The van der Waals surface area contributed by atoms with Gasteiger partial charge in [0, 0.05) is 24.4 Å². The van der Waals surface area contributed by atoms with Crippen LogP contribution in [-0.4, -0.2) is 115 Å². The van der Waals surface area contributed by atoms with Gasteiger partial charge in [0.1, 0.15) is 35.6 Å². The Bertz CT molecular complexity index is 1920. The van der Waals surface area contributed by atoms with Crippen molar-refractivity contribution in [2.45, 2.75) is 163 Å². The minimum absolute atomic E-state index is 0.000718. The Labute approximate surface area is 352 Å². The number of allylic oxidation sites excluding steroid dienone is 1. The average Bonchev–Trinajstić information content (AvgIpc) is 4.01. The molecule has 17 heteroatoms. The van der Waals surface area contributed by atoms with Crippen LogP contribution in [0.1, 0.15) is 120 Å². The van der Waals surface area contributed by atoms with Crippen molar-refractivity contribution in [2.75, 3.05) is 20.6 Å². The van der Waals surface area contributed by atoms with Crippen LogP contribution in [0.2, 0.25) is 0 Å². The largest absolute Gasteiger partial charge is 0.446 e. The maximum Gasteiger partial charge on any atom is 0.410 e. The number of sulfonamides is 1. The van der Waals surface area contributed by atoms with Gasteiger partial charge in [0.15, 0.2) is 0 Å². The van der Waals surface area contributed by atoms with Gasteiger partial charge in [-0.3, -0.25) is 24.0 Å². The van der Waals surface area contributed by atoms with Gasteiger partial charge in [-0.1, -0.05) is 50.0 Å². The highest BCUT2D eigenvalue weighted by Gasteiger charge is 2.62. The highest BCUT2D eigenvalue weighted by Crippen LogP contribution is 2.46. The summed E-state index contributed by atoms with van der Waals surface area (Å²) in [4.78, 5) is 76.1. The molecule has 6 atom stereocenters. The fourth-order valence-electron chi connectivity index (χ4n) is 9.36. The second-order valence-electron chi connectivity index (χ2n) is 17.9. The Morgan fingerprint density at radius 1 is 0.967 bits per heavy atom. The fourth-order valence-corrected chi connectivity index (χ4v) is 10.7. The summed E-state index contributed by atoms with van der Waals surface area (Å²) in [6, 6.07) is 1.58. The van der Waals surface area contributed by atoms with E-state index in [9.17, 15) is 32.0 Å². The number of hydrogen-bond donors (Lipinski definition) is 3. The molecule has 3 heterocycles. The van der Waals surface area contributed by atoms with Crippen LogP contribution >= 0.6 is 0 Å². The molecule has 0 spiro atoms. The number of carbonyl (C=O) groups excluding carboxylic acids is 5. The molecule has 15 nitrogen and oxygen atoms in total. The number of unbranched alkanes of at least 4 members (excludes halogenated alkanes) is 2. The summed E-state index contributed by atoms with van der Waals surface area (Å²) in [5.74, 6) is -2.94. The molecule has 3 saturated carbocycles. The number of carbonyl (C=O) groups is 5. The standard InChI is InChI=1S/C43H61FN6O9S/c1-48(2)23-12-6-9-20-35-37(59-42(55)49-26-28-14-13-18-33(44)32(28)27-49)24-36-38(51)46-43(40(53)47-60(56,57)31-21-22-31)25-29(43)15-7-4-3-5-8-19-34(39(52)50(35)36)45-41(54)58-30-16-10-11-17-30/h7,13-15,18,29-31,34-37H,3-6,8-12,16-17,19-27H2,1-2H3,(H,45,54)(H,46,51)(H,47,53)/b15-7-/t29?,34?,35-,36?,37+,43?/m0/s1. The number of fused-ring (bicyclic) bond motifs is 3. The molecule has 3 aliphatic heterocycles. The number of benzene rings is 1. The first-order valence-corrected chi connectivity index (χ1v) is 23.5. The zero-order valence-electron chi connectivity index (χ0n) is 34.9. The third-order valence-electron chi connectivity index (χ3n) is 13.0. The van der Waals surface area contributed by atoms with Crippen LogP contribution in [0.25, 0.3) is 0 Å². The van der Waals surface area contributed by atoms with Gasteiger partial charge in [-0.25, -0.2) is 22.4 Å². The summed E-state index contributed by atoms with van der Waals surface area (Å²) >= 11 is 0. The molecule has 4 fully saturated rings. The Balaban J connectivity index is 1.20. The number of ether oxygens (including phenoxy) is 2. The molecule has 1 aromatic rings. The Morgan fingerprint density at radius 2 is 1.73 bits per heavy atom. The third-order valence-corrected chi connectivity index (χ3v) is 14.9. The highest BCUT2D eigenvalue weighted by atomic mass is 32.2. The monoisotopic (exact) mass is 856 g/mol. The van der Waals surface area contributed by atoms with Crippen molar-refractivity contribution >= 4 is 39.9 Å². The molecule has 3 aliphatic carbocycles. The molecule has 3 N–H and O–H groups in total. The summed E-state index contributed by atoms with van der Waals surface area (Å²) in [5.41, 5.74) is -0.509. The van der Waals surface area contributed by atoms with Gasteiger partial charge < -0.3 is 29.9 Å². The number of amides is 5. The van der Waals surface area contributed by atoms with Crippen LogP contribution in [0, 0.1) is 11.7 Å². The molecule has 1 saturated heterocycles. The van der Waals surface area contributed by atoms with E-state index in [0.29, 0.717) is 49.7 Å². The Morgan fingerprint density at radius 3 is 2.47 bits per heavy atom. The number of hydrogen-bond acceptors (Lipinski definition) is 10. The Hall–Kier alpha value is -4.25. The van der Waals surface area contributed by atoms with E-state index in [0.717, 1.165) is 57.9 Å². The third kappa shape index (κ3) is 10.3. The molecule has 0 radical (unpaired) electrons. The average molecular weight is 857 g/mol. The maximum atomic E-state index is 15.1. The predicted molar refractivity (Wildman–Crippen MR) is 219 cm³/mol. The first-order chi connectivity index (χ1) is 28.8. The van der Waals surface area contributed by atoms with Crippen molar-refractivity contribution < 1.29 is 46.3 Å². The van der Waals surface area contributed by atoms with Crippen molar-refractivity contribution in [1.82, 2.24) is 30.1 Å². The van der Waals surface area contributed by atoms with E-state index in [1.54, 1.807) is 12.1 Å². The molecular formula is C43H61FN6O9S. The molecular weight excluding hydrogens is 796 g/mol. The summed E-state index contributed by atoms with van der Waals surface area (Å²) in [6.07, 6.45) is 11.2. The molecule has 5 amide bonds. The van der Waals surface area contributed by atoms with E-state index in [1.165, 1.54) is 15.9 Å². The van der Waals surface area contributed by atoms with Crippen molar-refractivity contribution in [3.63, 3.8) is 0 Å². The van der Waals surface area contributed by atoms with Gasteiger partial charge in [0.25, 0.3) is 5.91 Å². The molecule has 4 unspecified atom stereocenters. The van der Waals surface area contributed by atoms with Crippen LogP contribution in [0.3, 0.4) is 0 Å². The number of nitrogens with zero attached hydrogens (tertiary/aromatic N) is 3. The smallest absolute Gasteiger partial charge is 0.410 e. The van der Waals surface area contributed by atoms with Gasteiger partial charge >= 0.3 is 12.2 Å². The first kappa shape index (κ1) is 43.8. The summed E-state index contributed by atoms with van der Waals surface area (Å²) < 4.78 is 54.9. The normalized spacial score (nSPS) is 29.1. The topological polar surface area (TPSA) is 184 Å². The van der Waals surface area contributed by atoms with Gasteiger partial charge in [0.2, 0.25) is 21.8 Å². The minimum atomic E-state index is -3.95. The summed E-state index contributed by atoms with van der Waals surface area (Å²) in [5, 5.41) is 5.08. The van der Waals surface area contributed by atoms with E-state index in [1.807, 2.05) is 26.2 Å². The van der Waals surface area contributed by atoms with E-state index < -0.39 is 86.7 Å². The number of alkyl carbamates (subject to hydrolysis) is 1. The zero-order chi connectivity index (χ0) is 42.6. The lowest BCUT2D eigenvalue weighted by molar-refractivity contribution is -0.143. The van der Waals surface area contributed by atoms with Gasteiger partial charge in [0.05, 0.1) is 17.8 Å². The van der Waals surface area contributed by atoms with E-state index in [-0.39, 0.29) is 38.5 Å². The summed E-state index contributed by atoms with van der Waals surface area (Å²) in [6.45, 7) is 0.973. The minimum Gasteiger partial charge on any atom is -0.446 e. The number of rotatable bonds is 12. The maximum absolute atomic E-state index is 15.1. The lowest BCUT2D eigenvalue weighted by Crippen LogP contribution is -2.59. The molecule has 7 rings (SSSR count). The van der Waals surface area contributed by atoms with Crippen LogP contribution in [0.15, 0.2) is 30.4 Å². The number of nitrogens with one attached hydrogen (secondary N) is 3. The SMILES string of the molecule is CN(C)CCCCC[C@H]1[C@H](OC(=O)N2Cc3cccc(F)c3C2)CC2C(=O)NC3(C(=O)NS(=O)(=O)C4CC4)CC3/C=C\CCCCCC(NC(=O)OC3CCCC3)C(=O)N21.